The van der Waals surface area contributed by atoms with Gasteiger partial charge in [-0.1, -0.05) is 18.2 Å². The first kappa shape index (κ1) is 17.0. The molecule has 132 valence electrons. The van der Waals surface area contributed by atoms with Crippen molar-refractivity contribution >= 4 is 11.9 Å². The molecule has 6 heteroatoms. The number of para-hydroxylation sites is 1. The molecule has 0 aliphatic carbocycles. The number of aromatic hydroxyl groups is 1. The molecule has 0 saturated carbocycles. The maximum atomic E-state index is 9.96. The van der Waals surface area contributed by atoms with E-state index in [1.165, 1.54) is 19.9 Å². The van der Waals surface area contributed by atoms with Crippen LogP contribution in [0.4, 0.5) is 5.69 Å². The van der Waals surface area contributed by atoms with E-state index >= 15 is 0 Å². The van der Waals surface area contributed by atoms with Gasteiger partial charge in [0.05, 0.1) is 33.5 Å². The molecule has 0 bridgehead atoms. The SMILES string of the molecule is COc1cc(C=NN2CCN(c3ccccc3)CC2)cc(OC)c1O. The van der Waals surface area contributed by atoms with Crippen molar-refractivity contribution < 1.29 is 14.6 Å². The number of hydrogen-bond acceptors (Lipinski definition) is 6. The molecule has 0 spiro atoms. The number of nitrogens with zero attached hydrogens (tertiary/aromatic N) is 3. The quantitative estimate of drug-likeness (QED) is 0.847. The summed E-state index contributed by atoms with van der Waals surface area (Å²) in [5.74, 6) is 0.739. The smallest absolute Gasteiger partial charge is 0.200 e. The minimum atomic E-state index is -0.00127. The van der Waals surface area contributed by atoms with E-state index in [2.05, 4.69) is 34.3 Å². The van der Waals surface area contributed by atoms with Crippen LogP contribution in [0.1, 0.15) is 5.56 Å². The number of piperazine rings is 1. The number of phenols is 1. The van der Waals surface area contributed by atoms with Crippen molar-refractivity contribution in [1.29, 1.82) is 0 Å². The topological polar surface area (TPSA) is 57.5 Å². The lowest BCUT2D eigenvalue weighted by atomic mass is 10.2. The van der Waals surface area contributed by atoms with E-state index < -0.39 is 0 Å². The van der Waals surface area contributed by atoms with Gasteiger partial charge in [0.15, 0.2) is 11.5 Å². The minimum absolute atomic E-state index is 0.00127. The largest absolute Gasteiger partial charge is 0.502 e. The van der Waals surface area contributed by atoms with Gasteiger partial charge in [-0.25, -0.2) is 0 Å². The van der Waals surface area contributed by atoms with Crippen LogP contribution in [0, 0.1) is 0 Å². The van der Waals surface area contributed by atoms with Gasteiger partial charge >= 0.3 is 0 Å². The summed E-state index contributed by atoms with van der Waals surface area (Å²) in [5, 5.41) is 16.6. The lowest BCUT2D eigenvalue weighted by molar-refractivity contribution is 0.272. The van der Waals surface area contributed by atoms with Crippen LogP contribution in [0.25, 0.3) is 0 Å². The molecule has 2 aromatic carbocycles. The van der Waals surface area contributed by atoms with Gasteiger partial charge in [0.2, 0.25) is 5.75 Å². The van der Waals surface area contributed by atoms with E-state index in [1.54, 1.807) is 18.3 Å². The second-order valence-corrected chi connectivity index (χ2v) is 5.79. The first-order valence-corrected chi connectivity index (χ1v) is 8.25. The van der Waals surface area contributed by atoms with Gasteiger partial charge in [-0.15, -0.1) is 0 Å². The van der Waals surface area contributed by atoms with Crippen molar-refractivity contribution in [1.82, 2.24) is 5.01 Å². The van der Waals surface area contributed by atoms with E-state index in [1.807, 2.05) is 11.1 Å². The second-order valence-electron chi connectivity index (χ2n) is 5.79. The average molecular weight is 341 g/mol. The first-order chi connectivity index (χ1) is 12.2. The summed E-state index contributed by atoms with van der Waals surface area (Å²) >= 11 is 0. The molecule has 1 N–H and O–H groups in total. The van der Waals surface area contributed by atoms with E-state index in [9.17, 15) is 5.11 Å². The predicted molar refractivity (Wildman–Crippen MR) is 99.0 cm³/mol. The van der Waals surface area contributed by atoms with Gasteiger partial charge in [0.1, 0.15) is 0 Å². The number of methoxy groups -OCH3 is 2. The third kappa shape index (κ3) is 3.96. The number of rotatable bonds is 5. The van der Waals surface area contributed by atoms with Crippen molar-refractivity contribution in [2.45, 2.75) is 0 Å². The number of anilines is 1. The Hall–Kier alpha value is -2.89. The fourth-order valence-electron chi connectivity index (χ4n) is 2.84. The molecule has 25 heavy (non-hydrogen) atoms. The highest BCUT2D eigenvalue weighted by Crippen LogP contribution is 2.36. The van der Waals surface area contributed by atoms with Crippen molar-refractivity contribution in [3.63, 3.8) is 0 Å². The molecule has 6 nitrogen and oxygen atoms in total. The third-order valence-corrected chi connectivity index (χ3v) is 4.25. The zero-order valence-electron chi connectivity index (χ0n) is 14.6. The molecule has 3 rings (SSSR count). The fraction of sp³-hybridized carbons (Fsp3) is 0.316. The Balaban J connectivity index is 1.64. The standard InChI is InChI=1S/C19H23N3O3/c1-24-17-12-15(13-18(25-2)19(17)23)14-20-22-10-8-21(9-11-22)16-6-4-3-5-7-16/h3-7,12-14,23H,8-11H2,1-2H3. The van der Waals surface area contributed by atoms with Gasteiger partial charge < -0.3 is 19.5 Å². The van der Waals surface area contributed by atoms with Gasteiger partial charge in [0, 0.05) is 24.3 Å². The van der Waals surface area contributed by atoms with Gasteiger partial charge in [-0.2, -0.15) is 5.10 Å². The maximum Gasteiger partial charge on any atom is 0.200 e. The molecular formula is C19H23N3O3. The number of hydrazone groups is 1. The van der Waals surface area contributed by atoms with Crippen LogP contribution in [-0.2, 0) is 0 Å². The van der Waals surface area contributed by atoms with Crippen molar-refractivity contribution in [2.75, 3.05) is 45.3 Å². The second kappa shape index (κ2) is 7.79. The Morgan fingerprint density at radius 3 is 2.12 bits per heavy atom. The molecule has 1 aliphatic rings. The van der Waals surface area contributed by atoms with E-state index in [0.29, 0.717) is 11.5 Å². The van der Waals surface area contributed by atoms with Crippen LogP contribution in [0.5, 0.6) is 17.2 Å². The van der Waals surface area contributed by atoms with Crippen molar-refractivity contribution in [3.05, 3.63) is 48.0 Å². The summed E-state index contributed by atoms with van der Waals surface area (Å²) in [6.45, 7) is 3.59. The lowest BCUT2D eigenvalue weighted by Crippen LogP contribution is -2.44. The average Bonchev–Trinajstić information content (AvgIpc) is 2.68. The summed E-state index contributed by atoms with van der Waals surface area (Å²) in [5.41, 5.74) is 2.07. The van der Waals surface area contributed by atoms with E-state index in [0.717, 1.165) is 31.7 Å². The predicted octanol–water partition coefficient (Wildman–Crippen LogP) is 2.57. The number of benzene rings is 2. The Morgan fingerprint density at radius 1 is 0.960 bits per heavy atom. The van der Waals surface area contributed by atoms with E-state index in [4.69, 9.17) is 9.47 Å². The molecule has 0 amide bonds. The van der Waals surface area contributed by atoms with Gasteiger partial charge in [-0.05, 0) is 24.3 Å². The first-order valence-electron chi connectivity index (χ1n) is 8.25. The van der Waals surface area contributed by atoms with Crippen LogP contribution in [-0.4, -0.2) is 56.7 Å². The molecule has 1 heterocycles. The Morgan fingerprint density at radius 2 is 1.56 bits per heavy atom. The molecular weight excluding hydrogens is 318 g/mol. The van der Waals surface area contributed by atoms with Gasteiger partial charge in [-0.3, -0.25) is 5.01 Å². The maximum absolute atomic E-state index is 9.96. The lowest BCUT2D eigenvalue weighted by Gasteiger charge is -2.34. The Labute approximate surface area is 147 Å². The van der Waals surface area contributed by atoms with Crippen LogP contribution >= 0.6 is 0 Å². The van der Waals surface area contributed by atoms with Crippen molar-refractivity contribution in [3.8, 4) is 17.2 Å². The zero-order chi connectivity index (χ0) is 17.6. The Bertz CT molecular complexity index is 701. The molecule has 2 aromatic rings. The molecule has 0 unspecified atom stereocenters. The van der Waals surface area contributed by atoms with Crippen LogP contribution < -0.4 is 14.4 Å². The summed E-state index contributed by atoms with van der Waals surface area (Å²) in [4.78, 5) is 2.36. The molecule has 1 fully saturated rings. The molecule has 0 aromatic heterocycles. The highest BCUT2D eigenvalue weighted by molar-refractivity contribution is 5.82. The normalized spacial score (nSPS) is 14.8. The molecule has 1 saturated heterocycles. The molecule has 0 radical (unpaired) electrons. The minimum Gasteiger partial charge on any atom is -0.502 e. The highest BCUT2D eigenvalue weighted by Gasteiger charge is 2.15. The number of hydrogen-bond donors (Lipinski definition) is 1. The van der Waals surface area contributed by atoms with Crippen LogP contribution in [0.3, 0.4) is 0 Å². The summed E-state index contributed by atoms with van der Waals surface area (Å²) in [6.07, 6.45) is 1.77. The monoisotopic (exact) mass is 341 g/mol. The molecule has 1 aliphatic heterocycles. The van der Waals surface area contributed by atoms with E-state index in [-0.39, 0.29) is 5.75 Å². The van der Waals surface area contributed by atoms with Crippen LogP contribution in [0.15, 0.2) is 47.6 Å². The highest BCUT2D eigenvalue weighted by atomic mass is 16.5. The summed E-state index contributed by atoms with van der Waals surface area (Å²) in [7, 11) is 3.02. The van der Waals surface area contributed by atoms with Crippen molar-refractivity contribution in [2.24, 2.45) is 5.10 Å². The zero-order valence-corrected chi connectivity index (χ0v) is 14.6. The van der Waals surface area contributed by atoms with Crippen LogP contribution in [0.2, 0.25) is 0 Å². The number of ether oxygens (including phenoxy) is 2. The van der Waals surface area contributed by atoms with Gasteiger partial charge in [0.25, 0.3) is 0 Å². The fourth-order valence-corrected chi connectivity index (χ4v) is 2.84. The molecule has 0 atom stereocenters. The third-order valence-electron chi connectivity index (χ3n) is 4.25. The number of phenolic OH excluding ortho intramolecular Hbond substituents is 1. The summed E-state index contributed by atoms with van der Waals surface area (Å²) < 4.78 is 10.3. The summed E-state index contributed by atoms with van der Waals surface area (Å²) in [6, 6.07) is 13.9. The Kier molecular flexibility index (Phi) is 5.28.